The zero-order valence-electron chi connectivity index (χ0n) is 24.2. The number of benzene rings is 3. The first kappa shape index (κ1) is 30.7. The molecule has 42 heavy (non-hydrogen) atoms. The highest BCUT2D eigenvalue weighted by atomic mass is 79.9. The Morgan fingerprint density at radius 1 is 1.12 bits per heavy atom. The van der Waals surface area contributed by atoms with Gasteiger partial charge in [-0.25, -0.2) is 4.98 Å². The Labute approximate surface area is 254 Å². The minimum absolute atomic E-state index is 0.194. The van der Waals surface area contributed by atoms with Crippen molar-refractivity contribution in [2.24, 2.45) is 5.10 Å². The number of fused-ring (bicyclic) bond motifs is 1. The molecule has 1 heterocycles. The molecule has 9 heteroatoms. The molecule has 0 aliphatic carbocycles. The molecule has 0 unspecified atom stereocenters. The molecule has 0 bridgehead atoms. The number of hydrogen-bond acceptors (Lipinski definition) is 6. The van der Waals surface area contributed by atoms with Crippen LogP contribution in [-0.4, -0.2) is 35.0 Å². The van der Waals surface area contributed by atoms with Gasteiger partial charge in [0.05, 0.1) is 23.7 Å². The van der Waals surface area contributed by atoms with Gasteiger partial charge in [-0.2, -0.15) is 9.78 Å². The molecule has 218 valence electrons. The quantitative estimate of drug-likeness (QED) is 0.129. The second kappa shape index (κ2) is 14.6. The zero-order valence-corrected chi connectivity index (χ0v) is 25.7. The van der Waals surface area contributed by atoms with E-state index in [1.807, 2.05) is 56.3 Å². The lowest BCUT2D eigenvalue weighted by Gasteiger charge is -2.17. The Kier molecular flexibility index (Phi) is 10.7. The summed E-state index contributed by atoms with van der Waals surface area (Å²) in [5.41, 5.74) is 3.69. The van der Waals surface area contributed by atoms with Crippen molar-refractivity contribution in [1.29, 1.82) is 0 Å². The van der Waals surface area contributed by atoms with Crippen molar-refractivity contribution in [3.63, 3.8) is 0 Å². The molecule has 0 aliphatic rings. The summed E-state index contributed by atoms with van der Waals surface area (Å²) >= 11 is 3.45. The van der Waals surface area contributed by atoms with Crippen molar-refractivity contribution in [2.75, 3.05) is 18.5 Å². The Morgan fingerprint density at radius 2 is 1.90 bits per heavy atom. The predicted molar refractivity (Wildman–Crippen MR) is 172 cm³/mol. The monoisotopic (exact) mass is 630 g/mol. The molecule has 0 fully saturated rings. The van der Waals surface area contributed by atoms with Crippen LogP contribution < -0.4 is 20.3 Å². The van der Waals surface area contributed by atoms with Crippen LogP contribution in [0.15, 0.2) is 81.6 Å². The molecule has 0 spiro atoms. The van der Waals surface area contributed by atoms with Gasteiger partial charge in [0.2, 0.25) is 0 Å². The Bertz CT molecular complexity index is 1660. The molecule has 1 amide bonds. The Balaban J connectivity index is 1.66. The molecule has 4 aromatic rings. The first-order valence-electron chi connectivity index (χ1n) is 14.0. The van der Waals surface area contributed by atoms with E-state index in [0.29, 0.717) is 58.9 Å². The van der Waals surface area contributed by atoms with Gasteiger partial charge in [0.25, 0.3) is 11.5 Å². The topological polar surface area (TPSA) is 94.8 Å². The van der Waals surface area contributed by atoms with Crippen LogP contribution in [0.25, 0.3) is 10.9 Å². The van der Waals surface area contributed by atoms with E-state index < -0.39 is 0 Å². The summed E-state index contributed by atoms with van der Waals surface area (Å²) in [6, 6.07) is 16.7. The van der Waals surface area contributed by atoms with E-state index in [-0.39, 0.29) is 18.1 Å². The number of ether oxygens (including phenoxy) is 2. The summed E-state index contributed by atoms with van der Waals surface area (Å²) in [5, 5.41) is 7.91. The number of aryl methyl sites for hydroxylation is 2. The zero-order chi connectivity index (χ0) is 30.1. The Hall–Kier alpha value is -4.24. The van der Waals surface area contributed by atoms with Crippen LogP contribution in [-0.2, 0) is 17.6 Å². The lowest BCUT2D eigenvalue weighted by Crippen LogP contribution is -2.22. The molecule has 1 N–H and O–H groups in total. The predicted octanol–water partition coefficient (Wildman–Crippen LogP) is 6.84. The molecule has 0 radical (unpaired) electrons. The molecule has 0 saturated carbocycles. The highest BCUT2D eigenvalue weighted by Gasteiger charge is 2.16. The number of carbonyl (C=O) groups excluding carboxylic acids is 1. The van der Waals surface area contributed by atoms with Crippen LogP contribution in [0.1, 0.15) is 49.2 Å². The van der Waals surface area contributed by atoms with Crippen molar-refractivity contribution in [3.05, 3.63) is 105 Å². The molecule has 0 aliphatic heterocycles. The summed E-state index contributed by atoms with van der Waals surface area (Å²) in [7, 11) is 0. The van der Waals surface area contributed by atoms with E-state index in [2.05, 4.69) is 39.9 Å². The highest BCUT2D eigenvalue weighted by Crippen LogP contribution is 2.34. The number of hydrogen-bond donors (Lipinski definition) is 1. The minimum atomic E-state index is -0.286. The molecule has 1 aromatic heterocycles. The summed E-state index contributed by atoms with van der Waals surface area (Å²) in [4.78, 5) is 30.8. The second-order valence-corrected chi connectivity index (χ2v) is 10.7. The molecular weight excluding hydrogens is 596 g/mol. The number of halogens is 1. The fourth-order valence-electron chi connectivity index (χ4n) is 4.40. The van der Waals surface area contributed by atoms with Crippen LogP contribution >= 0.6 is 15.9 Å². The number of anilines is 1. The van der Waals surface area contributed by atoms with E-state index >= 15 is 0 Å². The number of aromatic nitrogens is 2. The van der Waals surface area contributed by atoms with E-state index in [4.69, 9.17) is 14.5 Å². The van der Waals surface area contributed by atoms with Crippen LogP contribution in [0, 0.1) is 6.92 Å². The lowest BCUT2D eigenvalue weighted by molar-refractivity contribution is -0.118. The summed E-state index contributed by atoms with van der Waals surface area (Å²) < 4.78 is 14.1. The average molecular weight is 632 g/mol. The normalized spacial score (nSPS) is 11.1. The van der Waals surface area contributed by atoms with E-state index in [1.54, 1.807) is 24.4 Å². The fourth-order valence-corrected chi connectivity index (χ4v) is 4.76. The van der Waals surface area contributed by atoms with Gasteiger partial charge in [0, 0.05) is 22.1 Å². The van der Waals surface area contributed by atoms with Crippen molar-refractivity contribution in [3.8, 4) is 11.5 Å². The van der Waals surface area contributed by atoms with Gasteiger partial charge >= 0.3 is 0 Å². The van der Waals surface area contributed by atoms with E-state index in [1.165, 1.54) is 4.68 Å². The molecule has 3 aromatic carbocycles. The van der Waals surface area contributed by atoms with Crippen molar-refractivity contribution in [2.45, 2.75) is 46.5 Å². The number of unbranched alkanes of at least 4 members (excludes halogenated alkanes) is 1. The third kappa shape index (κ3) is 7.73. The number of allylic oxidation sites excluding steroid dienone is 1. The summed E-state index contributed by atoms with van der Waals surface area (Å²) in [5.74, 6) is 1.25. The largest absolute Gasteiger partial charge is 0.490 e. The van der Waals surface area contributed by atoms with Crippen molar-refractivity contribution < 1.29 is 14.3 Å². The number of carbonyl (C=O) groups is 1. The second-order valence-electron chi connectivity index (χ2n) is 9.79. The fraction of sp³-hybridized carbons (Fsp3) is 0.273. The van der Waals surface area contributed by atoms with Gasteiger partial charge in [0.15, 0.2) is 18.1 Å². The third-order valence-corrected chi connectivity index (χ3v) is 6.95. The standard InChI is InChI=1S/C33H35BrN4O4/c1-5-8-10-30-37-28-16-13-25(34)19-27(28)33(40)38(30)35-20-23-17-24(9-6-2)32(29(18-23)41-7-3)42-21-31(39)36-26-14-11-22(4)12-15-26/h6,11-20H,2,5,7-10,21H2,1,3-4H3,(H,36,39). The first-order valence-corrected chi connectivity index (χ1v) is 14.8. The molecular formula is C33H35BrN4O4. The van der Waals surface area contributed by atoms with Crippen LogP contribution in [0.5, 0.6) is 11.5 Å². The molecule has 0 saturated heterocycles. The SMILES string of the molecule is C=CCc1cc(C=Nn2c(CCCC)nc3ccc(Br)cc3c2=O)cc(OCC)c1OCC(=O)Nc1ccc(C)cc1. The number of rotatable bonds is 13. The summed E-state index contributed by atoms with van der Waals surface area (Å²) in [6.07, 6.45) is 6.31. The maximum absolute atomic E-state index is 13.5. The minimum Gasteiger partial charge on any atom is -0.490 e. The van der Waals surface area contributed by atoms with Gasteiger partial charge < -0.3 is 14.8 Å². The van der Waals surface area contributed by atoms with Gasteiger partial charge in [-0.3, -0.25) is 9.59 Å². The van der Waals surface area contributed by atoms with E-state index in [0.717, 1.165) is 28.4 Å². The smallest absolute Gasteiger partial charge is 0.282 e. The maximum Gasteiger partial charge on any atom is 0.282 e. The van der Waals surface area contributed by atoms with Gasteiger partial charge in [-0.15, -0.1) is 6.58 Å². The summed E-state index contributed by atoms with van der Waals surface area (Å²) in [6.45, 7) is 10.0. The number of nitrogens with one attached hydrogen (secondary N) is 1. The van der Waals surface area contributed by atoms with Crippen LogP contribution in [0.3, 0.4) is 0 Å². The number of amides is 1. The number of nitrogens with zero attached hydrogens (tertiary/aromatic N) is 3. The maximum atomic E-state index is 13.5. The molecule has 0 atom stereocenters. The Morgan fingerprint density at radius 3 is 2.62 bits per heavy atom. The van der Waals surface area contributed by atoms with Gasteiger partial charge in [0.1, 0.15) is 5.82 Å². The van der Waals surface area contributed by atoms with Gasteiger partial charge in [-0.1, -0.05) is 53.0 Å². The van der Waals surface area contributed by atoms with E-state index in [9.17, 15) is 9.59 Å². The van der Waals surface area contributed by atoms with Crippen molar-refractivity contribution in [1.82, 2.24) is 9.66 Å². The third-order valence-electron chi connectivity index (χ3n) is 6.45. The van der Waals surface area contributed by atoms with Crippen LogP contribution in [0.4, 0.5) is 5.69 Å². The highest BCUT2D eigenvalue weighted by molar-refractivity contribution is 9.10. The average Bonchev–Trinajstić information content (AvgIpc) is 2.97. The van der Waals surface area contributed by atoms with Crippen LogP contribution in [0.2, 0.25) is 0 Å². The first-order chi connectivity index (χ1) is 20.3. The molecule has 4 rings (SSSR count). The van der Waals surface area contributed by atoms with Crippen molar-refractivity contribution >= 4 is 44.6 Å². The lowest BCUT2D eigenvalue weighted by atomic mass is 10.1. The molecule has 8 nitrogen and oxygen atoms in total. The van der Waals surface area contributed by atoms with Gasteiger partial charge in [-0.05, 0) is 74.7 Å².